The fraction of sp³-hybridized carbons (Fsp3) is 0.714. The molecular weight excluding hydrogens is 156 g/mol. The van der Waals surface area contributed by atoms with Gasteiger partial charge in [0.15, 0.2) is 0 Å². The van der Waals surface area contributed by atoms with Crippen molar-refractivity contribution >= 4 is 0 Å². The Bertz CT molecular complexity index is 235. The lowest BCUT2D eigenvalue weighted by Gasteiger charge is -2.10. The molecule has 5 nitrogen and oxygen atoms in total. The molecule has 0 aromatic carbocycles. The minimum Gasteiger partial charge on any atom is -0.380 e. The molecule has 1 unspecified atom stereocenters. The Hall–Kier alpha value is -0.940. The molecule has 2 N–H and O–H groups in total. The topological polar surface area (TPSA) is 66.0 Å². The normalized spacial score (nSPS) is 13.2. The fourth-order valence-corrected chi connectivity index (χ4v) is 0.917. The van der Waals surface area contributed by atoms with Crippen molar-refractivity contribution in [3.05, 3.63) is 12.2 Å². The Balaban J connectivity index is 2.61. The van der Waals surface area contributed by atoms with E-state index in [4.69, 9.17) is 10.5 Å². The van der Waals surface area contributed by atoms with Gasteiger partial charge in [-0.25, -0.2) is 9.67 Å². The summed E-state index contributed by atoms with van der Waals surface area (Å²) < 4.78 is 6.85. The summed E-state index contributed by atoms with van der Waals surface area (Å²) in [4.78, 5) is 3.99. The van der Waals surface area contributed by atoms with Crippen molar-refractivity contribution in [2.45, 2.75) is 26.1 Å². The second kappa shape index (κ2) is 4.18. The molecule has 5 heteroatoms. The average Bonchev–Trinajstić information content (AvgIpc) is 2.51. The van der Waals surface area contributed by atoms with E-state index >= 15 is 0 Å². The molecule has 0 saturated heterocycles. The van der Waals surface area contributed by atoms with Crippen LogP contribution in [0.3, 0.4) is 0 Å². The van der Waals surface area contributed by atoms with Crippen LogP contribution in [-0.4, -0.2) is 28.0 Å². The highest BCUT2D eigenvalue weighted by Gasteiger charge is 2.05. The molecule has 0 bridgehead atoms. The largest absolute Gasteiger partial charge is 0.380 e. The lowest BCUT2D eigenvalue weighted by molar-refractivity contribution is 0.0988. The highest BCUT2D eigenvalue weighted by atomic mass is 16.5. The van der Waals surface area contributed by atoms with Crippen LogP contribution in [0.4, 0.5) is 0 Å². The van der Waals surface area contributed by atoms with Crippen molar-refractivity contribution < 1.29 is 4.74 Å². The SMILES string of the molecule is COC(C)Cn1ncnc1CN. The third kappa shape index (κ3) is 2.02. The molecule has 0 fully saturated rings. The van der Waals surface area contributed by atoms with E-state index in [1.165, 1.54) is 6.33 Å². The van der Waals surface area contributed by atoms with Crippen molar-refractivity contribution in [2.75, 3.05) is 7.11 Å². The minimum absolute atomic E-state index is 0.136. The predicted molar refractivity (Wildman–Crippen MR) is 44.4 cm³/mol. The van der Waals surface area contributed by atoms with Crippen LogP contribution in [-0.2, 0) is 17.8 Å². The van der Waals surface area contributed by atoms with E-state index in [1.807, 2.05) is 6.92 Å². The summed E-state index contributed by atoms with van der Waals surface area (Å²) >= 11 is 0. The van der Waals surface area contributed by atoms with E-state index in [-0.39, 0.29) is 6.10 Å². The van der Waals surface area contributed by atoms with E-state index in [9.17, 15) is 0 Å². The highest BCUT2D eigenvalue weighted by molar-refractivity contribution is 4.82. The van der Waals surface area contributed by atoms with Crippen molar-refractivity contribution in [1.82, 2.24) is 14.8 Å². The predicted octanol–water partition coefficient (Wildman–Crippen LogP) is -0.228. The lowest BCUT2D eigenvalue weighted by atomic mass is 10.4. The van der Waals surface area contributed by atoms with Crippen LogP contribution in [0.25, 0.3) is 0 Å². The maximum atomic E-state index is 5.45. The molecule has 1 heterocycles. The molecule has 0 spiro atoms. The summed E-state index contributed by atoms with van der Waals surface area (Å²) in [5, 5.41) is 4.02. The van der Waals surface area contributed by atoms with Crippen LogP contribution in [0.5, 0.6) is 0 Å². The maximum Gasteiger partial charge on any atom is 0.140 e. The molecule has 1 aromatic heterocycles. The third-order valence-corrected chi connectivity index (χ3v) is 1.71. The zero-order valence-electron chi connectivity index (χ0n) is 7.40. The second-order valence-electron chi connectivity index (χ2n) is 2.61. The van der Waals surface area contributed by atoms with Crippen molar-refractivity contribution in [3.8, 4) is 0 Å². The number of ether oxygens (including phenoxy) is 1. The molecule has 0 saturated carbocycles. The van der Waals surface area contributed by atoms with Gasteiger partial charge in [0.25, 0.3) is 0 Å². The standard InChI is InChI=1S/C7H14N4O/c1-6(12-2)4-11-7(3-8)9-5-10-11/h5-6H,3-4,8H2,1-2H3. The first-order valence-corrected chi connectivity index (χ1v) is 3.87. The molecule has 0 amide bonds. The van der Waals surface area contributed by atoms with Gasteiger partial charge in [-0.3, -0.25) is 0 Å². The highest BCUT2D eigenvalue weighted by Crippen LogP contribution is 1.97. The van der Waals surface area contributed by atoms with Crippen LogP contribution in [0.1, 0.15) is 12.7 Å². The van der Waals surface area contributed by atoms with Gasteiger partial charge in [0.1, 0.15) is 12.2 Å². The Morgan fingerprint density at radius 3 is 3.08 bits per heavy atom. The molecule has 1 aromatic rings. The molecule has 68 valence electrons. The van der Waals surface area contributed by atoms with Crippen molar-refractivity contribution in [3.63, 3.8) is 0 Å². The van der Waals surface area contributed by atoms with Crippen LogP contribution in [0.2, 0.25) is 0 Å². The first-order chi connectivity index (χ1) is 5.77. The zero-order chi connectivity index (χ0) is 8.97. The van der Waals surface area contributed by atoms with Crippen molar-refractivity contribution in [1.29, 1.82) is 0 Å². The summed E-state index contributed by atoms with van der Waals surface area (Å²) in [5.74, 6) is 0.791. The quantitative estimate of drug-likeness (QED) is 0.678. The summed E-state index contributed by atoms with van der Waals surface area (Å²) in [6, 6.07) is 0. The summed E-state index contributed by atoms with van der Waals surface area (Å²) in [5.41, 5.74) is 5.45. The Morgan fingerprint density at radius 1 is 1.75 bits per heavy atom. The van der Waals surface area contributed by atoms with E-state index in [1.54, 1.807) is 11.8 Å². The number of nitrogens with zero attached hydrogens (tertiary/aromatic N) is 3. The molecule has 0 aliphatic heterocycles. The average molecular weight is 170 g/mol. The van der Waals surface area contributed by atoms with Gasteiger partial charge in [-0.15, -0.1) is 0 Å². The molecule has 12 heavy (non-hydrogen) atoms. The first-order valence-electron chi connectivity index (χ1n) is 3.87. The summed E-state index contributed by atoms with van der Waals surface area (Å²) in [6.07, 6.45) is 1.64. The molecule has 1 rings (SSSR count). The van der Waals surface area contributed by atoms with Gasteiger partial charge in [0.05, 0.1) is 19.2 Å². The minimum atomic E-state index is 0.136. The Kier molecular flexibility index (Phi) is 3.19. The smallest absolute Gasteiger partial charge is 0.140 e. The first kappa shape index (κ1) is 9.15. The monoisotopic (exact) mass is 170 g/mol. The number of rotatable bonds is 4. The van der Waals surface area contributed by atoms with Gasteiger partial charge in [-0.2, -0.15) is 5.10 Å². The summed E-state index contributed by atoms with van der Waals surface area (Å²) in [6.45, 7) is 3.08. The van der Waals surface area contributed by atoms with E-state index in [0.29, 0.717) is 13.1 Å². The van der Waals surface area contributed by atoms with E-state index < -0.39 is 0 Å². The van der Waals surface area contributed by atoms with Gasteiger partial charge in [0, 0.05) is 7.11 Å². The molecular formula is C7H14N4O. The van der Waals surface area contributed by atoms with Gasteiger partial charge >= 0.3 is 0 Å². The van der Waals surface area contributed by atoms with Crippen molar-refractivity contribution in [2.24, 2.45) is 5.73 Å². The Morgan fingerprint density at radius 2 is 2.50 bits per heavy atom. The number of hydrogen-bond acceptors (Lipinski definition) is 4. The van der Waals surface area contributed by atoms with Crippen LogP contribution >= 0.6 is 0 Å². The molecule has 0 radical (unpaired) electrons. The molecule has 0 aliphatic carbocycles. The number of methoxy groups -OCH3 is 1. The lowest BCUT2D eigenvalue weighted by Crippen LogP contribution is -2.19. The number of aromatic nitrogens is 3. The number of nitrogens with two attached hydrogens (primary N) is 1. The molecule has 0 aliphatic rings. The summed E-state index contributed by atoms with van der Waals surface area (Å²) in [7, 11) is 1.67. The number of hydrogen-bond donors (Lipinski definition) is 1. The Labute approximate surface area is 71.5 Å². The van der Waals surface area contributed by atoms with E-state index in [2.05, 4.69) is 10.1 Å². The van der Waals surface area contributed by atoms with Gasteiger partial charge in [0.2, 0.25) is 0 Å². The zero-order valence-corrected chi connectivity index (χ0v) is 7.40. The third-order valence-electron chi connectivity index (χ3n) is 1.71. The molecule has 1 atom stereocenters. The van der Waals surface area contributed by atoms with E-state index in [0.717, 1.165) is 5.82 Å². The van der Waals surface area contributed by atoms with Crippen LogP contribution in [0.15, 0.2) is 6.33 Å². The van der Waals surface area contributed by atoms with Gasteiger partial charge in [-0.1, -0.05) is 0 Å². The van der Waals surface area contributed by atoms with Crippen LogP contribution in [0, 0.1) is 0 Å². The second-order valence-corrected chi connectivity index (χ2v) is 2.61. The van der Waals surface area contributed by atoms with Crippen LogP contribution < -0.4 is 5.73 Å². The maximum absolute atomic E-state index is 5.45. The fourth-order valence-electron chi connectivity index (χ4n) is 0.917. The van der Waals surface area contributed by atoms with Gasteiger partial charge in [-0.05, 0) is 6.92 Å². The van der Waals surface area contributed by atoms with Gasteiger partial charge < -0.3 is 10.5 Å².